The number of aromatic amines is 1. The molecule has 3 aromatic rings. The van der Waals surface area contributed by atoms with E-state index in [1.807, 2.05) is 30.3 Å². The van der Waals surface area contributed by atoms with Gasteiger partial charge < -0.3 is 4.98 Å². The molecule has 2 heteroatoms. The van der Waals surface area contributed by atoms with Crippen LogP contribution in [-0.4, -0.2) is 4.98 Å². The summed E-state index contributed by atoms with van der Waals surface area (Å²) in [6, 6.07) is 20.5. The average Bonchev–Trinajstić information content (AvgIpc) is 2.51. The second-order valence-corrected chi connectivity index (χ2v) is 5.22. The minimum atomic E-state index is -0.0118. The highest BCUT2D eigenvalue weighted by Gasteiger charge is 2.05. The van der Waals surface area contributed by atoms with E-state index in [1.54, 1.807) is 6.20 Å². The van der Waals surface area contributed by atoms with Gasteiger partial charge in [-0.1, -0.05) is 54.6 Å². The maximum absolute atomic E-state index is 11.7. The average molecular weight is 275 g/mol. The monoisotopic (exact) mass is 275 g/mol. The summed E-state index contributed by atoms with van der Waals surface area (Å²) in [5.41, 5.74) is 5.63. The molecular weight excluding hydrogens is 258 g/mol. The quantitative estimate of drug-likeness (QED) is 0.771. The molecule has 0 bridgehead atoms. The van der Waals surface area contributed by atoms with E-state index in [0.29, 0.717) is 6.42 Å². The Morgan fingerprint density at radius 2 is 1.76 bits per heavy atom. The largest absolute Gasteiger partial charge is 0.329 e. The molecule has 0 aliphatic heterocycles. The zero-order valence-corrected chi connectivity index (χ0v) is 12.0. The number of nitrogens with one attached hydrogen (secondary N) is 1. The second-order valence-electron chi connectivity index (χ2n) is 5.22. The van der Waals surface area contributed by atoms with Crippen LogP contribution in [0, 0.1) is 6.92 Å². The Bertz CT molecular complexity index is 803. The zero-order chi connectivity index (χ0) is 14.7. The zero-order valence-electron chi connectivity index (χ0n) is 12.0. The number of rotatable bonds is 3. The Balaban J connectivity index is 1.92. The van der Waals surface area contributed by atoms with Crippen molar-refractivity contribution in [1.82, 2.24) is 4.98 Å². The molecule has 0 atom stereocenters. The maximum Gasteiger partial charge on any atom is 0.251 e. The van der Waals surface area contributed by atoms with Crippen molar-refractivity contribution in [2.75, 3.05) is 0 Å². The van der Waals surface area contributed by atoms with Gasteiger partial charge in [-0.05, 0) is 35.2 Å². The molecule has 1 heterocycles. The number of hydrogen-bond donors (Lipinski definition) is 1. The van der Waals surface area contributed by atoms with Gasteiger partial charge in [0.15, 0.2) is 0 Å². The van der Waals surface area contributed by atoms with Crippen LogP contribution in [0.15, 0.2) is 71.7 Å². The van der Waals surface area contributed by atoms with Gasteiger partial charge in [0.25, 0.3) is 5.56 Å². The molecule has 0 saturated heterocycles. The first-order valence-electron chi connectivity index (χ1n) is 7.05. The summed E-state index contributed by atoms with van der Waals surface area (Å²) < 4.78 is 0. The molecule has 104 valence electrons. The first-order chi connectivity index (χ1) is 10.2. The Labute approximate surface area is 124 Å². The maximum atomic E-state index is 11.7. The van der Waals surface area contributed by atoms with Crippen molar-refractivity contribution in [3.63, 3.8) is 0 Å². The summed E-state index contributed by atoms with van der Waals surface area (Å²) >= 11 is 0. The van der Waals surface area contributed by atoms with Crippen molar-refractivity contribution in [2.45, 2.75) is 13.3 Å². The lowest BCUT2D eigenvalue weighted by Gasteiger charge is -2.09. The SMILES string of the molecule is Cc1cc(Cc2ccc[nH]c2=O)ccc1-c1ccccc1. The molecule has 0 aliphatic rings. The Kier molecular flexibility index (Phi) is 3.69. The third-order valence-corrected chi connectivity index (χ3v) is 3.67. The van der Waals surface area contributed by atoms with Gasteiger partial charge in [-0.3, -0.25) is 4.79 Å². The summed E-state index contributed by atoms with van der Waals surface area (Å²) in [4.78, 5) is 14.5. The first-order valence-corrected chi connectivity index (χ1v) is 7.05. The number of H-pyrrole nitrogens is 1. The summed E-state index contributed by atoms with van der Waals surface area (Å²) in [6.45, 7) is 2.11. The lowest BCUT2D eigenvalue weighted by Crippen LogP contribution is -2.11. The van der Waals surface area contributed by atoms with Crippen LogP contribution in [0.3, 0.4) is 0 Å². The lowest BCUT2D eigenvalue weighted by molar-refractivity contribution is 1.09. The summed E-state index contributed by atoms with van der Waals surface area (Å²) in [7, 11) is 0. The molecule has 0 amide bonds. The van der Waals surface area contributed by atoms with E-state index < -0.39 is 0 Å². The molecule has 1 N–H and O–H groups in total. The topological polar surface area (TPSA) is 32.9 Å². The number of pyridine rings is 1. The summed E-state index contributed by atoms with van der Waals surface area (Å²) in [6.07, 6.45) is 2.32. The van der Waals surface area contributed by atoms with E-state index in [1.165, 1.54) is 16.7 Å². The van der Waals surface area contributed by atoms with Crippen LogP contribution in [0.1, 0.15) is 16.7 Å². The molecule has 0 aliphatic carbocycles. The minimum absolute atomic E-state index is 0.0118. The normalized spacial score (nSPS) is 10.5. The Morgan fingerprint density at radius 1 is 0.952 bits per heavy atom. The molecular formula is C19H17NO. The van der Waals surface area contributed by atoms with E-state index in [-0.39, 0.29) is 5.56 Å². The van der Waals surface area contributed by atoms with Crippen LogP contribution >= 0.6 is 0 Å². The number of benzene rings is 2. The summed E-state index contributed by atoms with van der Waals surface area (Å²) in [5.74, 6) is 0. The van der Waals surface area contributed by atoms with Crippen LogP contribution in [-0.2, 0) is 6.42 Å². The molecule has 0 fully saturated rings. The van der Waals surface area contributed by atoms with Crippen molar-refractivity contribution in [3.05, 3.63) is 93.9 Å². The molecule has 2 nitrogen and oxygen atoms in total. The lowest BCUT2D eigenvalue weighted by atomic mass is 9.96. The van der Waals surface area contributed by atoms with E-state index in [0.717, 1.165) is 11.1 Å². The van der Waals surface area contributed by atoms with Gasteiger partial charge in [-0.25, -0.2) is 0 Å². The van der Waals surface area contributed by atoms with E-state index >= 15 is 0 Å². The molecule has 0 unspecified atom stereocenters. The van der Waals surface area contributed by atoms with Crippen LogP contribution in [0.25, 0.3) is 11.1 Å². The highest BCUT2D eigenvalue weighted by Crippen LogP contribution is 2.24. The van der Waals surface area contributed by atoms with Crippen LogP contribution in [0.5, 0.6) is 0 Å². The molecule has 1 aromatic heterocycles. The second kappa shape index (κ2) is 5.80. The highest BCUT2D eigenvalue weighted by atomic mass is 16.1. The van der Waals surface area contributed by atoms with Crippen molar-refractivity contribution in [3.8, 4) is 11.1 Å². The van der Waals surface area contributed by atoms with Gasteiger partial charge in [0.05, 0.1) is 0 Å². The van der Waals surface area contributed by atoms with Crippen molar-refractivity contribution >= 4 is 0 Å². The van der Waals surface area contributed by atoms with Crippen molar-refractivity contribution in [1.29, 1.82) is 0 Å². The number of aryl methyl sites for hydroxylation is 1. The van der Waals surface area contributed by atoms with Gasteiger partial charge >= 0.3 is 0 Å². The molecule has 2 aromatic carbocycles. The van der Waals surface area contributed by atoms with Gasteiger partial charge in [0, 0.05) is 18.2 Å². The van der Waals surface area contributed by atoms with Gasteiger partial charge in [-0.15, -0.1) is 0 Å². The molecule has 21 heavy (non-hydrogen) atoms. The van der Waals surface area contributed by atoms with Gasteiger partial charge in [0.1, 0.15) is 0 Å². The first kappa shape index (κ1) is 13.4. The predicted molar refractivity (Wildman–Crippen MR) is 86.5 cm³/mol. The van der Waals surface area contributed by atoms with Gasteiger partial charge in [0.2, 0.25) is 0 Å². The van der Waals surface area contributed by atoms with Crippen LogP contribution < -0.4 is 5.56 Å². The minimum Gasteiger partial charge on any atom is -0.329 e. The standard InChI is InChI=1S/C19H17NO/c1-14-12-15(13-17-8-5-11-20-19(17)21)9-10-18(14)16-6-3-2-4-7-16/h2-12H,13H2,1H3,(H,20,21). The molecule has 0 radical (unpaired) electrons. The van der Waals surface area contributed by atoms with Crippen molar-refractivity contribution in [2.24, 2.45) is 0 Å². The molecule has 3 rings (SSSR count). The Hall–Kier alpha value is -2.61. The number of aromatic nitrogens is 1. The molecule has 0 spiro atoms. The van der Waals surface area contributed by atoms with E-state index in [9.17, 15) is 4.79 Å². The van der Waals surface area contributed by atoms with Crippen LogP contribution in [0.4, 0.5) is 0 Å². The fraction of sp³-hybridized carbons (Fsp3) is 0.105. The fourth-order valence-electron chi connectivity index (χ4n) is 2.59. The highest BCUT2D eigenvalue weighted by molar-refractivity contribution is 5.67. The number of hydrogen-bond acceptors (Lipinski definition) is 1. The molecule has 0 saturated carbocycles. The third kappa shape index (κ3) is 2.95. The van der Waals surface area contributed by atoms with Crippen LogP contribution in [0.2, 0.25) is 0 Å². The van der Waals surface area contributed by atoms with Gasteiger partial charge in [-0.2, -0.15) is 0 Å². The Morgan fingerprint density at radius 3 is 2.48 bits per heavy atom. The summed E-state index contributed by atoms with van der Waals surface area (Å²) in [5, 5.41) is 0. The smallest absolute Gasteiger partial charge is 0.251 e. The third-order valence-electron chi connectivity index (χ3n) is 3.67. The van der Waals surface area contributed by atoms with E-state index in [4.69, 9.17) is 0 Å². The van der Waals surface area contributed by atoms with E-state index in [2.05, 4.69) is 42.2 Å². The predicted octanol–water partition coefficient (Wildman–Crippen LogP) is 3.94. The van der Waals surface area contributed by atoms with Crippen molar-refractivity contribution < 1.29 is 0 Å². The fourth-order valence-corrected chi connectivity index (χ4v) is 2.59.